The first-order valence-corrected chi connectivity index (χ1v) is 5.44. The number of carbonyl (C=O) groups is 2. The molecule has 1 fully saturated rings. The molecular formula is C10H9BrN2O3. The Morgan fingerprint density at radius 3 is 2.50 bits per heavy atom. The Bertz CT molecular complexity index is 414. The lowest BCUT2D eigenvalue weighted by Crippen LogP contribution is -2.54. The fourth-order valence-corrected chi connectivity index (χ4v) is 1.74. The molecule has 0 spiro atoms. The van der Waals surface area contributed by atoms with E-state index in [-0.39, 0.29) is 6.42 Å². The highest BCUT2D eigenvalue weighted by Crippen LogP contribution is 2.21. The van der Waals surface area contributed by atoms with Crippen molar-refractivity contribution < 1.29 is 14.7 Å². The fourth-order valence-electron chi connectivity index (χ4n) is 1.48. The molecule has 0 aliphatic carbocycles. The van der Waals surface area contributed by atoms with Crippen molar-refractivity contribution in [3.8, 4) is 0 Å². The first-order valence-electron chi connectivity index (χ1n) is 4.65. The maximum Gasteiger partial charge on any atom is 0.330 e. The lowest BCUT2D eigenvalue weighted by molar-refractivity contribution is -0.121. The van der Waals surface area contributed by atoms with Gasteiger partial charge in [0.15, 0.2) is 0 Å². The summed E-state index contributed by atoms with van der Waals surface area (Å²) in [7, 11) is 0. The largest absolute Gasteiger partial charge is 0.373 e. The third kappa shape index (κ3) is 2.07. The number of anilines is 1. The van der Waals surface area contributed by atoms with E-state index in [1.54, 1.807) is 24.3 Å². The number of carbonyl (C=O) groups excluding carboxylic acids is 2. The molecule has 1 aromatic carbocycles. The predicted molar refractivity (Wildman–Crippen MR) is 60.8 cm³/mol. The summed E-state index contributed by atoms with van der Waals surface area (Å²) in [5.41, 5.74) is 0.484. The van der Waals surface area contributed by atoms with Crippen LogP contribution in [-0.2, 0) is 4.79 Å². The van der Waals surface area contributed by atoms with Crippen LogP contribution < -0.4 is 10.2 Å². The van der Waals surface area contributed by atoms with Gasteiger partial charge >= 0.3 is 6.03 Å². The molecule has 0 saturated carbocycles. The SMILES string of the molecule is O=C1CC(O)NC(=O)N1c1ccc(Br)cc1. The molecule has 1 saturated heterocycles. The van der Waals surface area contributed by atoms with Crippen molar-refractivity contribution in [2.75, 3.05) is 4.90 Å². The fraction of sp³-hybridized carbons (Fsp3) is 0.200. The molecule has 0 radical (unpaired) electrons. The van der Waals surface area contributed by atoms with Crippen LogP contribution in [0, 0.1) is 0 Å². The van der Waals surface area contributed by atoms with Crippen LogP contribution in [-0.4, -0.2) is 23.3 Å². The van der Waals surface area contributed by atoms with Gasteiger partial charge in [-0.2, -0.15) is 0 Å². The van der Waals surface area contributed by atoms with Crippen LogP contribution in [0.25, 0.3) is 0 Å². The number of hydrogen-bond acceptors (Lipinski definition) is 3. The molecule has 1 unspecified atom stereocenters. The smallest absolute Gasteiger partial charge is 0.330 e. The lowest BCUT2D eigenvalue weighted by atomic mass is 10.2. The molecular weight excluding hydrogens is 276 g/mol. The maximum atomic E-state index is 11.6. The Labute approximate surface area is 100 Å². The number of halogens is 1. The molecule has 0 bridgehead atoms. The van der Waals surface area contributed by atoms with Gasteiger partial charge in [0.05, 0.1) is 12.1 Å². The molecule has 2 rings (SSSR count). The molecule has 1 atom stereocenters. The van der Waals surface area contributed by atoms with E-state index < -0.39 is 18.2 Å². The summed E-state index contributed by atoms with van der Waals surface area (Å²) in [6.45, 7) is 0. The Balaban J connectivity index is 2.29. The quantitative estimate of drug-likeness (QED) is 0.815. The monoisotopic (exact) mass is 284 g/mol. The van der Waals surface area contributed by atoms with Gasteiger partial charge in [0, 0.05) is 4.47 Å². The third-order valence-corrected chi connectivity index (χ3v) is 2.72. The highest BCUT2D eigenvalue weighted by atomic mass is 79.9. The van der Waals surface area contributed by atoms with E-state index in [0.717, 1.165) is 9.37 Å². The highest BCUT2D eigenvalue weighted by Gasteiger charge is 2.31. The summed E-state index contributed by atoms with van der Waals surface area (Å²) in [6, 6.07) is 6.17. The van der Waals surface area contributed by atoms with E-state index >= 15 is 0 Å². The number of nitrogens with zero attached hydrogens (tertiary/aromatic N) is 1. The zero-order chi connectivity index (χ0) is 11.7. The summed E-state index contributed by atoms with van der Waals surface area (Å²) >= 11 is 3.27. The topological polar surface area (TPSA) is 69.6 Å². The van der Waals surface area contributed by atoms with Crippen molar-refractivity contribution in [2.24, 2.45) is 0 Å². The predicted octanol–water partition coefficient (Wildman–Crippen LogP) is 1.21. The Morgan fingerprint density at radius 1 is 1.31 bits per heavy atom. The normalized spacial score (nSPS) is 20.9. The number of nitrogens with one attached hydrogen (secondary N) is 1. The molecule has 1 aliphatic heterocycles. The summed E-state index contributed by atoms with van der Waals surface area (Å²) < 4.78 is 0.862. The Hall–Kier alpha value is -1.40. The van der Waals surface area contributed by atoms with Gasteiger partial charge in [-0.25, -0.2) is 9.69 Å². The molecule has 6 heteroatoms. The van der Waals surface area contributed by atoms with Gasteiger partial charge in [-0.05, 0) is 24.3 Å². The van der Waals surface area contributed by atoms with Crippen molar-refractivity contribution >= 4 is 33.6 Å². The van der Waals surface area contributed by atoms with E-state index in [9.17, 15) is 14.7 Å². The molecule has 84 valence electrons. The number of rotatable bonds is 1. The first-order chi connectivity index (χ1) is 7.58. The maximum absolute atomic E-state index is 11.6. The van der Waals surface area contributed by atoms with Crippen molar-refractivity contribution in [2.45, 2.75) is 12.6 Å². The van der Waals surface area contributed by atoms with Crippen LogP contribution in [0.1, 0.15) is 6.42 Å². The van der Waals surface area contributed by atoms with Crippen molar-refractivity contribution in [3.05, 3.63) is 28.7 Å². The van der Waals surface area contributed by atoms with E-state index in [4.69, 9.17) is 0 Å². The molecule has 5 nitrogen and oxygen atoms in total. The van der Waals surface area contributed by atoms with Crippen LogP contribution in [0.5, 0.6) is 0 Å². The van der Waals surface area contributed by atoms with Crippen LogP contribution in [0.4, 0.5) is 10.5 Å². The van der Waals surface area contributed by atoms with Crippen LogP contribution >= 0.6 is 15.9 Å². The van der Waals surface area contributed by atoms with Gasteiger partial charge in [0.25, 0.3) is 0 Å². The Kier molecular flexibility index (Phi) is 2.93. The van der Waals surface area contributed by atoms with Crippen LogP contribution in [0.2, 0.25) is 0 Å². The molecule has 2 N–H and O–H groups in total. The van der Waals surface area contributed by atoms with Gasteiger partial charge in [-0.15, -0.1) is 0 Å². The van der Waals surface area contributed by atoms with E-state index in [0.29, 0.717) is 5.69 Å². The molecule has 0 aromatic heterocycles. The zero-order valence-corrected chi connectivity index (χ0v) is 9.77. The second kappa shape index (κ2) is 4.23. The van der Waals surface area contributed by atoms with Gasteiger partial charge < -0.3 is 10.4 Å². The van der Waals surface area contributed by atoms with Gasteiger partial charge in [-0.1, -0.05) is 15.9 Å². The standard InChI is InChI=1S/C10H9BrN2O3/c11-6-1-3-7(4-2-6)13-9(15)5-8(14)12-10(13)16/h1-4,8,14H,5H2,(H,12,16). The molecule has 1 aromatic rings. The Morgan fingerprint density at radius 2 is 1.94 bits per heavy atom. The summed E-state index contributed by atoms with van der Waals surface area (Å²) in [5, 5.41) is 11.5. The number of hydrogen-bond donors (Lipinski definition) is 2. The van der Waals surface area contributed by atoms with E-state index in [1.807, 2.05) is 0 Å². The van der Waals surface area contributed by atoms with Crippen LogP contribution in [0.3, 0.4) is 0 Å². The summed E-state index contributed by atoms with van der Waals surface area (Å²) in [6.07, 6.45) is -1.20. The van der Waals surface area contributed by atoms with E-state index in [1.165, 1.54) is 0 Å². The number of benzene rings is 1. The molecule has 3 amide bonds. The minimum Gasteiger partial charge on any atom is -0.373 e. The highest BCUT2D eigenvalue weighted by molar-refractivity contribution is 9.10. The van der Waals surface area contributed by atoms with Gasteiger partial charge in [0.1, 0.15) is 6.23 Å². The minimum atomic E-state index is -1.09. The molecule has 1 aliphatic rings. The van der Waals surface area contributed by atoms with Gasteiger partial charge in [0.2, 0.25) is 5.91 Å². The zero-order valence-electron chi connectivity index (χ0n) is 8.18. The van der Waals surface area contributed by atoms with Crippen LogP contribution in [0.15, 0.2) is 28.7 Å². The van der Waals surface area contributed by atoms with Crippen molar-refractivity contribution in [1.82, 2.24) is 5.32 Å². The lowest BCUT2D eigenvalue weighted by Gasteiger charge is -2.28. The average molecular weight is 285 g/mol. The summed E-state index contributed by atoms with van der Waals surface area (Å²) in [4.78, 5) is 24.1. The number of aliphatic hydroxyl groups is 1. The molecule has 16 heavy (non-hydrogen) atoms. The van der Waals surface area contributed by atoms with Gasteiger partial charge in [-0.3, -0.25) is 4.79 Å². The third-order valence-electron chi connectivity index (χ3n) is 2.20. The number of aliphatic hydroxyl groups excluding tert-OH is 1. The second-order valence-electron chi connectivity index (χ2n) is 3.37. The molecule has 1 heterocycles. The van der Waals surface area contributed by atoms with Crippen molar-refractivity contribution in [1.29, 1.82) is 0 Å². The van der Waals surface area contributed by atoms with E-state index in [2.05, 4.69) is 21.2 Å². The number of urea groups is 1. The minimum absolute atomic E-state index is 0.109. The number of amides is 3. The average Bonchev–Trinajstić information content (AvgIpc) is 2.19. The number of imide groups is 1. The second-order valence-corrected chi connectivity index (χ2v) is 4.29. The first kappa shape index (κ1) is 11.1. The van der Waals surface area contributed by atoms with Crippen molar-refractivity contribution in [3.63, 3.8) is 0 Å². The summed E-state index contributed by atoms with van der Waals surface area (Å²) in [5.74, 6) is -0.418.